The molecule has 0 unspecified atom stereocenters. The summed E-state index contributed by atoms with van der Waals surface area (Å²) >= 11 is 0. The van der Waals surface area contributed by atoms with Crippen LogP contribution in [-0.2, 0) is 0 Å². The van der Waals surface area contributed by atoms with Crippen LogP contribution in [0.2, 0.25) is 0 Å². The highest BCUT2D eigenvalue weighted by Crippen LogP contribution is 2.50. The number of pyridine rings is 1. The summed E-state index contributed by atoms with van der Waals surface area (Å²) < 4.78 is 13.2. The zero-order valence-electron chi connectivity index (χ0n) is 70.6. The molecule has 0 fully saturated rings. The van der Waals surface area contributed by atoms with Crippen molar-refractivity contribution in [2.45, 2.75) is 6.92 Å². The molecule has 0 amide bonds. The molecule has 0 saturated carbocycles. The number of methoxy groups -OCH3 is 1. The monoisotopic (exact) mass is 1630 g/mol. The number of benzene rings is 22. The van der Waals surface area contributed by atoms with Gasteiger partial charge >= 0.3 is 0 Å². The van der Waals surface area contributed by atoms with Crippen molar-refractivity contribution in [3.05, 3.63) is 467 Å². The van der Waals surface area contributed by atoms with Gasteiger partial charge < -0.3 is 18.4 Å². The van der Waals surface area contributed by atoms with E-state index >= 15 is 0 Å². The lowest BCUT2D eigenvalue weighted by atomic mass is 9.85. The maximum absolute atomic E-state index is 6.14. The van der Waals surface area contributed by atoms with E-state index in [1.165, 1.54) is 208 Å². The van der Waals surface area contributed by atoms with Crippen LogP contribution in [0.1, 0.15) is 5.56 Å². The van der Waals surface area contributed by atoms with E-state index in [4.69, 9.17) is 9.72 Å². The molecule has 4 aromatic heterocycles. The fourth-order valence-corrected chi connectivity index (χ4v) is 20.9. The van der Waals surface area contributed by atoms with E-state index in [2.05, 4.69) is 476 Å². The Bertz CT molecular complexity index is 8600. The number of para-hydroxylation sites is 6. The topological polar surface area (TPSA) is 36.9 Å². The molecule has 0 radical (unpaired) electrons. The Morgan fingerprint density at radius 1 is 0.188 bits per heavy atom. The second-order valence-electron chi connectivity index (χ2n) is 33.4. The molecule has 0 bridgehead atoms. The van der Waals surface area contributed by atoms with Crippen molar-refractivity contribution in [1.82, 2.24) is 18.7 Å². The van der Waals surface area contributed by atoms with Crippen LogP contribution in [-0.4, -0.2) is 25.8 Å². The molecule has 4 heterocycles. The van der Waals surface area contributed by atoms with Gasteiger partial charge in [-0.05, 0) is 240 Å². The molecule has 5 heteroatoms. The third kappa shape index (κ3) is 12.4. The molecule has 0 atom stereocenters. The molecule has 0 aliphatic heterocycles. The van der Waals surface area contributed by atoms with Gasteiger partial charge in [-0.15, -0.1) is 0 Å². The van der Waals surface area contributed by atoms with Gasteiger partial charge in [0, 0.05) is 54.6 Å². The molecule has 26 aromatic rings. The van der Waals surface area contributed by atoms with Crippen LogP contribution in [0.25, 0.3) is 236 Å². The van der Waals surface area contributed by atoms with Gasteiger partial charge in [0.05, 0.1) is 57.8 Å². The van der Waals surface area contributed by atoms with Gasteiger partial charge in [0.2, 0.25) is 0 Å². The largest absolute Gasteiger partial charge is 0.496 e. The molecular formula is C123H82N4O. The molecule has 0 N–H and O–H groups in total. The fourth-order valence-electron chi connectivity index (χ4n) is 20.9. The standard InChI is InChI=1S/C43H29NO.C43H29N.C37H24N2/c1-45-41-26-30(43-36-19-7-5-17-34(36)42(28-13-3-2-4-14-28)35-18-6-8-20-37(35)43)25-29-23-24-31(27-38(29)41)44-39-21-11-9-15-32(39)33-16-10-12-22-40(33)44;1-28-25-31(43-37-19-7-5-17-35(37)42(29-13-3-2-4-14-29)36-18-6-8-20-38(36)43)26-30-23-24-32(27-39(28)30)44-40-21-11-9-15-33(40)34-16-10-12-22-41(34)44;1-2-12-25(13-3-1)36-29-16-4-6-18-31(29)37(32-19-7-5-17-30(32)36)33-23-22-26(24-38-33)39-34-20-10-8-14-27(34)28-15-9-11-21-35(28)39/h2-27H,1H3;2-27H,1H3;1-24H. The summed E-state index contributed by atoms with van der Waals surface area (Å²) in [6.07, 6.45) is 2.02. The summed E-state index contributed by atoms with van der Waals surface area (Å²) in [4.78, 5) is 5.10. The van der Waals surface area contributed by atoms with Crippen molar-refractivity contribution in [3.8, 4) is 89.7 Å². The number of aryl methyl sites for hydroxylation is 1. The number of rotatable bonds is 10. The van der Waals surface area contributed by atoms with Gasteiger partial charge in [0.25, 0.3) is 0 Å². The van der Waals surface area contributed by atoms with Crippen LogP contribution in [0, 0.1) is 6.92 Å². The first-order valence-corrected chi connectivity index (χ1v) is 44.0. The van der Waals surface area contributed by atoms with E-state index in [1.54, 1.807) is 7.11 Å². The first-order valence-electron chi connectivity index (χ1n) is 44.0. The highest BCUT2D eigenvalue weighted by atomic mass is 16.5. The van der Waals surface area contributed by atoms with Gasteiger partial charge in [0.1, 0.15) is 5.75 Å². The second kappa shape index (κ2) is 31.2. The Balaban J connectivity index is 0.000000107. The Kier molecular flexibility index (Phi) is 18.3. The van der Waals surface area contributed by atoms with Gasteiger partial charge in [-0.2, -0.15) is 0 Å². The highest BCUT2D eigenvalue weighted by molar-refractivity contribution is 6.25. The third-order valence-corrected chi connectivity index (χ3v) is 26.3. The van der Waals surface area contributed by atoms with Crippen molar-refractivity contribution in [2.24, 2.45) is 0 Å². The Hall–Kier alpha value is -16.7. The summed E-state index contributed by atoms with van der Waals surface area (Å²) in [6.45, 7) is 2.25. The molecule has 0 spiro atoms. The minimum absolute atomic E-state index is 0.866. The van der Waals surface area contributed by atoms with Crippen LogP contribution < -0.4 is 4.74 Å². The van der Waals surface area contributed by atoms with E-state index < -0.39 is 0 Å². The summed E-state index contributed by atoms with van der Waals surface area (Å²) in [6, 6.07) is 164. The molecule has 0 aliphatic rings. The first kappa shape index (κ1) is 75.0. The maximum atomic E-state index is 6.14. The van der Waals surface area contributed by atoms with Crippen molar-refractivity contribution in [3.63, 3.8) is 0 Å². The zero-order valence-corrected chi connectivity index (χ0v) is 70.6. The Morgan fingerprint density at radius 3 is 0.727 bits per heavy atom. The lowest BCUT2D eigenvalue weighted by Gasteiger charge is -2.19. The quantitative estimate of drug-likeness (QED) is 0.128. The Morgan fingerprint density at radius 2 is 0.430 bits per heavy atom. The smallest absolute Gasteiger partial charge is 0.127 e. The summed E-state index contributed by atoms with van der Waals surface area (Å²) in [5.41, 5.74) is 26.5. The van der Waals surface area contributed by atoms with E-state index in [-0.39, 0.29) is 0 Å². The van der Waals surface area contributed by atoms with Crippen molar-refractivity contribution in [2.75, 3.05) is 7.11 Å². The average molecular weight is 1630 g/mol. The molecule has 0 aliphatic carbocycles. The van der Waals surface area contributed by atoms with Crippen LogP contribution in [0.4, 0.5) is 0 Å². The minimum atomic E-state index is 0.866. The Labute approximate surface area is 740 Å². The average Bonchev–Trinajstić information content (AvgIpc) is 1.60. The predicted molar refractivity (Wildman–Crippen MR) is 544 cm³/mol. The molecule has 600 valence electrons. The molecular weight excluding hydrogens is 1550 g/mol. The predicted octanol–water partition coefficient (Wildman–Crippen LogP) is 33.3. The summed E-state index contributed by atoms with van der Waals surface area (Å²) in [5.74, 6) is 0.866. The lowest BCUT2D eigenvalue weighted by molar-refractivity contribution is 0.420. The summed E-state index contributed by atoms with van der Waals surface area (Å²) in [7, 11) is 1.78. The zero-order chi connectivity index (χ0) is 84.9. The van der Waals surface area contributed by atoms with Crippen LogP contribution in [0.3, 0.4) is 0 Å². The number of hydrogen-bond acceptors (Lipinski definition) is 2. The van der Waals surface area contributed by atoms with E-state index in [0.29, 0.717) is 0 Å². The first-order chi connectivity index (χ1) is 63.4. The van der Waals surface area contributed by atoms with Gasteiger partial charge in [0.15, 0.2) is 0 Å². The van der Waals surface area contributed by atoms with Crippen LogP contribution in [0.15, 0.2) is 461 Å². The maximum Gasteiger partial charge on any atom is 0.127 e. The lowest BCUT2D eigenvalue weighted by Crippen LogP contribution is -1.96. The van der Waals surface area contributed by atoms with Gasteiger partial charge in [-0.3, -0.25) is 4.98 Å². The molecule has 5 nitrogen and oxygen atoms in total. The van der Waals surface area contributed by atoms with E-state index in [1.807, 2.05) is 6.20 Å². The van der Waals surface area contributed by atoms with E-state index in [0.717, 1.165) is 39.2 Å². The number of nitrogens with zero attached hydrogens (tertiary/aromatic N) is 4. The van der Waals surface area contributed by atoms with Gasteiger partial charge in [-0.1, -0.05) is 364 Å². The van der Waals surface area contributed by atoms with Crippen molar-refractivity contribution >= 4 is 152 Å². The normalized spacial score (nSPS) is 11.7. The number of hydrogen-bond donors (Lipinski definition) is 0. The van der Waals surface area contributed by atoms with Crippen molar-refractivity contribution in [1.29, 1.82) is 0 Å². The summed E-state index contributed by atoms with van der Waals surface area (Å²) in [5, 5.41) is 27.4. The highest BCUT2D eigenvalue weighted by Gasteiger charge is 2.25. The number of fused-ring (bicyclic) bond motifs is 17. The van der Waals surface area contributed by atoms with Gasteiger partial charge in [-0.25, -0.2) is 0 Å². The second-order valence-corrected chi connectivity index (χ2v) is 33.4. The van der Waals surface area contributed by atoms with Crippen molar-refractivity contribution < 1.29 is 4.74 Å². The van der Waals surface area contributed by atoms with E-state index in [9.17, 15) is 0 Å². The fraction of sp³-hybridized carbons (Fsp3) is 0.0163. The molecule has 0 saturated heterocycles. The van der Waals surface area contributed by atoms with Crippen LogP contribution >= 0.6 is 0 Å². The SMILES string of the molecule is COc1cc(-c2c3ccccc3c(-c3ccccc3)c3ccccc23)cc2ccc(-n3c4ccccc4c4ccccc43)cc12.Cc1cc(-c2c3ccccc3c(-c3ccccc3)c3ccccc23)cc2ccc(-n3c4ccccc4c4ccccc43)cc12.c1ccc(-c2c3ccccc3c(-c3ccc(-n4c5ccccc5c5ccccc54)cn3)c3ccccc23)cc1. The molecule has 22 aromatic carbocycles. The number of ether oxygens (including phenoxy) is 1. The minimum Gasteiger partial charge on any atom is -0.496 e. The third-order valence-electron chi connectivity index (χ3n) is 26.3. The molecule has 26 rings (SSSR count). The number of aromatic nitrogens is 4. The van der Waals surface area contributed by atoms with Crippen LogP contribution in [0.5, 0.6) is 5.75 Å². The molecule has 128 heavy (non-hydrogen) atoms.